The SMILES string of the molecule is COP(=O)(CCC(Cc1ccccc1)C(=O)ON)OC. The van der Waals surface area contributed by atoms with E-state index in [1.54, 1.807) is 0 Å². The summed E-state index contributed by atoms with van der Waals surface area (Å²) >= 11 is 0. The highest BCUT2D eigenvalue weighted by atomic mass is 31.2. The molecule has 0 aliphatic carbocycles. The number of carbonyl (C=O) groups is 1. The zero-order valence-corrected chi connectivity index (χ0v) is 12.5. The van der Waals surface area contributed by atoms with Gasteiger partial charge in [-0.25, -0.2) is 0 Å². The Balaban J connectivity index is 2.71. The summed E-state index contributed by atoms with van der Waals surface area (Å²) in [5.41, 5.74) is 0.979. The van der Waals surface area contributed by atoms with Crippen molar-refractivity contribution in [2.24, 2.45) is 11.8 Å². The van der Waals surface area contributed by atoms with E-state index in [2.05, 4.69) is 4.84 Å². The Morgan fingerprint density at radius 1 is 1.25 bits per heavy atom. The molecule has 0 saturated heterocycles. The molecule has 1 aromatic carbocycles. The van der Waals surface area contributed by atoms with E-state index in [1.165, 1.54) is 14.2 Å². The van der Waals surface area contributed by atoms with Crippen molar-refractivity contribution in [1.29, 1.82) is 0 Å². The van der Waals surface area contributed by atoms with Gasteiger partial charge >= 0.3 is 13.6 Å². The molecule has 0 fully saturated rings. The van der Waals surface area contributed by atoms with Gasteiger partial charge in [0.2, 0.25) is 0 Å². The fourth-order valence-corrected chi connectivity index (χ4v) is 3.01. The highest BCUT2D eigenvalue weighted by Gasteiger charge is 2.27. The minimum atomic E-state index is -3.14. The van der Waals surface area contributed by atoms with E-state index in [1.807, 2.05) is 30.3 Å². The lowest BCUT2D eigenvalue weighted by atomic mass is 9.97. The van der Waals surface area contributed by atoms with Gasteiger partial charge in [-0.1, -0.05) is 30.3 Å². The zero-order chi connectivity index (χ0) is 15.0. The summed E-state index contributed by atoms with van der Waals surface area (Å²) in [6, 6.07) is 9.47. The van der Waals surface area contributed by atoms with E-state index in [0.29, 0.717) is 12.8 Å². The Labute approximate surface area is 118 Å². The molecule has 1 rings (SSSR count). The summed E-state index contributed by atoms with van der Waals surface area (Å²) in [5.74, 6) is 3.93. The van der Waals surface area contributed by atoms with Crippen molar-refractivity contribution >= 4 is 13.6 Å². The maximum Gasteiger partial charge on any atom is 0.330 e. The van der Waals surface area contributed by atoms with Gasteiger partial charge in [0.05, 0.1) is 12.1 Å². The number of nitrogens with two attached hydrogens (primary N) is 1. The van der Waals surface area contributed by atoms with Crippen molar-refractivity contribution in [3.05, 3.63) is 35.9 Å². The van der Waals surface area contributed by atoms with Gasteiger partial charge in [0.25, 0.3) is 0 Å². The third kappa shape index (κ3) is 5.06. The van der Waals surface area contributed by atoms with Crippen molar-refractivity contribution in [1.82, 2.24) is 0 Å². The van der Waals surface area contributed by atoms with Crippen LogP contribution in [-0.4, -0.2) is 26.4 Å². The van der Waals surface area contributed by atoms with Crippen LogP contribution in [0.25, 0.3) is 0 Å². The molecule has 0 heterocycles. The normalized spacial score (nSPS) is 12.9. The number of rotatable bonds is 8. The first kappa shape index (κ1) is 16.9. The maximum absolute atomic E-state index is 12.0. The first-order valence-corrected chi connectivity index (χ1v) is 7.92. The average Bonchev–Trinajstić information content (AvgIpc) is 2.51. The van der Waals surface area contributed by atoms with Crippen LogP contribution in [0.1, 0.15) is 12.0 Å². The third-order valence-corrected chi connectivity index (χ3v) is 5.00. The molecule has 20 heavy (non-hydrogen) atoms. The molecular weight excluding hydrogens is 281 g/mol. The van der Waals surface area contributed by atoms with Gasteiger partial charge in [0.1, 0.15) is 0 Å². The lowest BCUT2D eigenvalue weighted by molar-refractivity contribution is -0.149. The Hall–Kier alpha value is -1.20. The molecule has 0 bridgehead atoms. The van der Waals surface area contributed by atoms with Gasteiger partial charge in [-0.15, -0.1) is 0 Å². The molecule has 0 aromatic heterocycles. The highest BCUT2D eigenvalue weighted by Crippen LogP contribution is 2.47. The van der Waals surface area contributed by atoms with E-state index in [0.717, 1.165) is 5.56 Å². The van der Waals surface area contributed by atoms with Gasteiger partial charge in [0, 0.05) is 14.2 Å². The van der Waals surface area contributed by atoms with E-state index >= 15 is 0 Å². The van der Waals surface area contributed by atoms with Gasteiger partial charge in [-0.3, -0.25) is 9.36 Å². The van der Waals surface area contributed by atoms with Crippen molar-refractivity contribution < 1.29 is 23.2 Å². The summed E-state index contributed by atoms with van der Waals surface area (Å²) in [5, 5.41) is 0. The smallest absolute Gasteiger partial charge is 0.330 e. The fraction of sp³-hybridized carbons (Fsp3) is 0.462. The Kier molecular flexibility index (Phi) is 6.88. The molecule has 112 valence electrons. The second-order valence-corrected chi connectivity index (χ2v) is 6.71. The van der Waals surface area contributed by atoms with Gasteiger partial charge < -0.3 is 13.9 Å². The largest absolute Gasteiger partial charge is 0.373 e. The lowest BCUT2D eigenvalue weighted by Gasteiger charge is -2.18. The van der Waals surface area contributed by atoms with Crippen LogP contribution in [0.5, 0.6) is 0 Å². The monoisotopic (exact) mass is 301 g/mol. The summed E-state index contributed by atoms with van der Waals surface area (Å²) in [7, 11) is -0.504. The first-order chi connectivity index (χ1) is 9.54. The molecule has 0 radical (unpaired) electrons. The Bertz CT molecular complexity index is 457. The van der Waals surface area contributed by atoms with E-state index in [9.17, 15) is 9.36 Å². The van der Waals surface area contributed by atoms with Crippen LogP contribution in [0.4, 0.5) is 0 Å². The molecular formula is C13H20NO5P. The predicted octanol–water partition coefficient (Wildman–Crippen LogP) is 2.14. The summed E-state index contributed by atoms with van der Waals surface area (Å²) in [4.78, 5) is 16.0. The van der Waals surface area contributed by atoms with E-state index < -0.39 is 19.5 Å². The molecule has 1 atom stereocenters. The van der Waals surface area contributed by atoms with Crippen LogP contribution >= 0.6 is 7.60 Å². The minimum Gasteiger partial charge on any atom is -0.373 e. The van der Waals surface area contributed by atoms with Crippen molar-refractivity contribution in [3.8, 4) is 0 Å². The summed E-state index contributed by atoms with van der Waals surface area (Å²) in [6.45, 7) is 0. The molecule has 0 amide bonds. The second kappa shape index (κ2) is 8.17. The van der Waals surface area contributed by atoms with E-state index in [4.69, 9.17) is 14.9 Å². The van der Waals surface area contributed by atoms with Crippen LogP contribution in [0.2, 0.25) is 0 Å². The van der Waals surface area contributed by atoms with Crippen LogP contribution < -0.4 is 5.90 Å². The van der Waals surface area contributed by atoms with Crippen LogP contribution in [0, 0.1) is 5.92 Å². The summed E-state index contributed by atoms with van der Waals surface area (Å²) in [6.07, 6.45) is 0.904. The van der Waals surface area contributed by atoms with Crippen molar-refractivity contribution in [2.75, 3.05) is 20.4 Å². The molecule has 0 aliphatic rings. The molecule has 2 N–H and O–H groups in total. The van der Waals surface area contributed by atoms with Gasteiger partial charge in [-0.2, -0.15) is 5.90 Å². The third-order valence-electron chi connectivity index (χ3n) is 3.08. The average molecular weight is 301 g/mol. The fourth-order valence-electron chi connectivity index (χ4n) is 1.87. The molecule has 7 heteroatoms. The van der Waals surface area contributed by atoms with E-state index in [-0.39, 0.29) is 6.16 Å². The highest BCUT2D eigenvalue weighted by molar-refractivity contribution is 7.53. The molecule has 1 aromatic rings. The van der Waals surface area contributed by atoms with Crippen molar-refractivity contribution in [2.45, 2.75) is 12.8 Å². The zero-order valence-electron chi connectivity index (χ0n) is 11.7. The molecule has 1 unspecified atom stereocenters. The molecule has 0 saturated carbocycles. The van der Waals surface area contributed by atoms with Gasteiger partial charge in [-0.05, 0) is 18.4 Å². The Morgan fingerprint density at radius 2 is 1.85 bits per heavy atom. The second-order valence-electron chi connectivity index (χ2n) is 4.31. The number of carbonyl (C=O) groups excluding carboxylic acids is 1. The van der Waals surface area contributed by atoms with Gasteiger partial charge in [0.15, 0.2) is 0 Å². The van der Waals surface area contributed by atoms with Crippen LogP contribution in [-0.2, 0) is 29.7 Å². The Morgan fingerprint density at radius 3 is 2.35 bits per heavy atom. The summed E-state index contributed by atoms with van der Waals surface area (Å²) < 4.78 is 21.7. The quantitative estimate of drug-likeness (QED) is 0.584. The van der Waals surface area contributed by atoms with Crippen LogP contribution in [0.15, 0.2) is 30.3 Å². The molecule has 0 aliphatic heterocycles. The number of benzene rings is 1. The van der Waals surface area contributed by atoms with Crippen LogP contribution in [0.3, 0.4) is 0 Å². The predicted molar refractivity (Wildman–Crippen MR) is 75.0 cm³/mol. The topological polar surface area (TPSA) is 87.9 Å². The molecule has 6 nitrogen and oxygen atoms in total. The molecule has 0 spiro atoms. The first-order valence-electron chi connectivity index (χ1n) is 6.19. The number of hydrogen-bond acceptors (Lipinski definition) is 6. The minimum absolute atomic E-state index is 0.132. The standard InChI is InChI=1S/C13H20NO5P/c1-17-20(16,18-2)9-8-12(13(15)19-14)10-11-6-4-3-5-7-11/h3-7,12H,8-10,14H2,1-2H3. The number of hydrogen-bond donors (Lipinski definition) is 1. The lowest BCUT2D eigenvalue weighted by Crippen LogP contribution is -2.24. The van der Waals surface area contributed by atoms with Crippen molar-refractivity contribution in [3.63, 3.8) is 0 Å². The maximum atomic E-state index is 12.0.